The smallest absolute Gasteiger partial charge is 0.338 e. The number of ether oxygens (including phenoxy) is 1. The van der Waals surface area contributed by atoms with E-state index in [9.17, 15) is 4.79 Å². The van der Waals surface area contributed by atoms with Gasteiger partial charge >= 0.3 is 5.97 Å². The molecule has 3 rings (SSSR count). The van der Waals surface area contributed by atoms with E-state index in [1.165, 1.54) is 7.11 Å². The Morgan fingerprint density at radius 3 is 2.78 bits per heavy atom. The largest absolute Gasteiger partial charge is 0.465 e. The quantitative estimate of drug-likeness (QED) is 0.609. The van der Waals surface area contributed by atoms with Gasteiger partial charge in [-0.25, -0.2) is 4.79 Å². The van der Waals surface area contributed by atoms with Gasteiger partial charge in [0.25, 0.3) is 0 Å². The van der Waals surface area contributed by atoms with Crippen molar-refractivity contribution in [2.24, 2.45) is 0 Å². The van der Waals surface area contributed by atoms with Crippen molar-refractivity contribution in [2.45, 2.75) is 6.92 Å². The van der Waals surface area contributed by atoms with E-state index < -0.39 is 0 Å². The fourth-order valence-corrected chi connectivity index (χ4v) is 2.22. The summed E-state index contributed by atoms with van der Waals surface area (Å²) in [4.78, 5) is 11.8. The Hall–Kier alpha value is -2.29. The van der Waals surface area contributed by atoms with Crippen LogP contribution in [0, 0.1) is 6.92 Å². The zero-order chi connectivity index (χ0) is 12.7. The Morgan fingerprint density at radius 1 is 1.17 bits per heavy atom. The molecule has 0 aliphatic rings. The molecule has 3 nitrogen and oxygen atoms in total. The van der Waals surface area contributed by atoms with Crippen LogP contribution in [0.3, 0.4) is 0 Å². The number of methoxy groups -OCH3 is 1. The fraction of sp³-hybridized carbons (Fsp3) is 0.133. The number of esters is 1. The zero-order valence-electron chi connectivity index (χ0n) is 10.2. The summed E-state index contributed by atoms with van der Waals surface area (Å²) in [7, 11) is 1.38. The summed E-state index contributed by atoms with van der Waals surface area (Å²) in [6.07, 6.45) is 0. The van der Waals surface area contributed by atoms with Crippen molar-refractivity contribution in [2.75, 3.05) is 7.11 Å². The van der Waals surface area contributed by atoms with Gasteiger partial charge in [-0.3, -0.25) is 0 Å². The summed E-state index contributed by atoms with van der Waals surface area (Å²) in [5.41, 5.74) is 3.16. The van der Waals surface area contributed by atoms with Gasteiger partial charge in [-0.2, -0.15) is 0 Å². The van der Waals surface area contributed by atoms with Crippen molar-refractivity contribution < 1.29 is 13.9 Å². The van der Waals surface area contributed by atoms with Crippen LogP contribution >= 0.6 is 0 Å². The van der Waals surface area contributed by atoms with Crippen LogP contribution in [0.2, 0.25) is 0 Å². The highest BCUT2D eigenvalue weighted by molar-refractivity contribution is 6.15. The molecule has 0 amide bonds. The molecule has 0 aliphatic heterocycles. The second-order valence-corrected chi connectivity index (χ2v) is 4.27. The van der Waals surface area contributed by atoms with Gasteiger partial charge in [0, 0.05) is 10.8 Å². The third-order valence-corrected chi connectivity index (χ3v) is 3.06. The predicted octanol–water partition coefficient (Wildman–Crippen LogP) is 3.68. The van der Waals surface area contributed by atoms with Crippen LogP contribution in [-0.4, -0.2) is 13.1 Å². The monoisotopic (exact) mass is 240 g/mol. The van der Waals surface area contributed by atoms with Gasteiger partial charge in [0.1, 0.15) is 11.2 Å². The normalized spacial score (nSPS) is 11.0. The van der Waals surface area contributed by atoms with Crippen molar-refractivity contribution in [3.8, 4) is 0 Å². The minimum Gasteiger partial charge on any atom is -0.465 e. The van der Waals surface area contributed by atoms with Crippen molar-refractivity contribution >= 4 is 27.9 Å². The molecule has 0 radical (unpaired) electrons. The Kier molecular flexibility index (Phi) is 2.33. The summed E-state index contributed by atoms with van der Waals surface area (Å²) in [5, 5.41) is 1.77. The molecule has 90 valence electrons. The predicted molar refractivity (Wildman–Crippen MR) is 69.8 cm³/mol. The van der Waals surface area contributed by atoms with Gasteiger partial charge in [0.05, 0.1) is 12.7 Å². The van der Waals surface area contributed by atoms with Crippen LogP contribution in [-0.2, 0) is 4.74 Å². The van der Waals surface area contributed by atoms with E-state index in [1.54, 1.807) is 12.1 Å². The first-order valence-electron chi connectivity index (χ1n) is 5.71. The van der Waals surface area contributed by atoms with Crippen molar-refractivity contribution in [1.82, 2.24) is 0 Å². The lowest BCUT2D eigenvalue weighted by molar-refractivity contribution is 0.0603. The molecule has 1 heterocycles. The van der Waals surface area contributed by atoms with E-state index in [0.29, 0.717) is 11.1 Å². The number of fused-ring (bicyclic) bond motifs is 3. The molecule has 0 fully saturated rings. The highest BCUT2D eigenvalue weighted by Gasteiger charge is 2.16. The standard InChI is InChI=1S/C15H12O3/c1-9-6-7-12-11(8-9)14-10(15(16)17-2)4-3-5-13(14)18-12/h3-8H,1-2H3. The maximum Gasteiger partial charge on any atom is 0.338 e. The van der Waals surface area contributed by atoms with Gasteiger partial charge in [-0.05, 0) is 31.2 Å². The van der Waals surface area contributed by atoms with E-state index in [0.717, 1.165) is 21.9 Å². The van der Waals surface area contributed by atoms with Crippen LogP contribution in [0.25, 0.3) is 21.9 Å². The van der Waals surface area contributed by atoms with Crippen LogP contribution in [0.5, 0.6) is 0 Å². The van der Waals surface area contributed by atoms with Crippen LogP contribution < -0.4 is 0 Å². The molecule has 0 saturated carbocycles. The third kappa shape index (κ3) is 1.48. The minimum absolute atomic E-state index is 0.343. The Bertz CT molecular complexity index is 753. The number of carbonyl (C=O) groups is 1. The molecule has 0 aliphatic carbocycles. The summed E-state index contributed by atoms with van der Waals surface area (Å²) < 4.78 is 10.5. The maximum atomic E-state index is 11.8. The molecule has 1 aromatic heterocycles. The highest BCUT2D eigenvalue weighted by Crippen LogP contribution is 2.32. The molecular weight excluding hydrogens is 228 g/mol. The number of aryl methyl sites for hydroxylation is 1. The Balaban J connectivity index is 2.47. The van der Waals surface area contributed by atoms with Gasteiger partial charge in [-0.15, -0.1) is 0 Å². The van der Waals surface area contributed by atoms with Gasteiger partial charge in [0.15, 0.2) is 0 Å². The lowest BCUT2D eigenvalue weighted by Crippen LogP contribution is -2.01. The molecule has 0 atom stereocenters. The van der Waals surface area contributed by atoms with Crippen molar-refractivity contribution in [3.63, 3.8) is 0 Å². The molecule has 0 spiro atoms. The number of benzene rings is 2. The SMILES string of the molecule is COC(=O)c1cccc2oc3ccc(C)cc3c12. The van der Waals surface area contributed by atoms with E-state index in [1.807, 2.05) is 31.2 Å². The molecule has 0 N–H and O–H groups in total. The number of furan rings is 1. The van der Waals surface area contributed by atoms with E-state index in [-0.39, 0.29) is 5.97 Å². The number of hydrogen-bond donors (Lipinski definition) is 0. The summed E-state index contributed by atoms with van der Waals surface area (Å²) >= 11 is 0. The summed E-state index contributed by atoms with van der Waals surface area (Å²) in [6.45, 7) is 2.01. The lowest BCUT2D eigenvalue weighted by Gasteiger charge is -2.00. The second kappa shape index (κ2) is 3.88. The van der Waals surface area contributed by atoms with Crippen LogP contribution in [0.15, 0.2) is 40.8 Å². The fourth-order valence-electron chi connectivity index (χ4n) is 2.22. The van der Waals surface area contributed by atoms with Crippen molar-refractivity contribution in [3.05, 3.63) is 47.5 Å². The van der Waals surface area contributed by atoms with Gasteiger partial charge in [-0.1, -0.05) is 17.7 Å². The first kappa shape index (κ1) is 10.8. The minimum atomic E-state index is -0.343. The topological polar surface area (TPSA) is 39.4 Å². The second-order valence-electron chi connectivity index (χ2n) is 4.27. The van der Waals surface area contributed by atoms with Gasteiger partial charge in [0.2, 0.25) is 0 Å². The number of hydrogen-bond acceptors (Lipinski definition) is 3. The van der Waals surface area contributed by atoms with Crippen LogP contribution in [0.4, 0.5) is 0 Å². The Morgan fingerprint density at radius 2 is 2.00 bits per heavy atom. The molecule has 18 heavy (non-hydrogen) atoms. The number of rotatable bonds is 1. The number of carbonyl (C=O) groups excluding carboxylic acids is 1. The maximum absolute atomic E-state index is 11.8. The first-order valence-corrected chi connectivity index (χ1v) is 5.71. The molecule has 2 aromatic carbocycles. The molecular formula is C15H12O3. The van der Waals surface area contributed by atoms with E-state index in [2.05, 4.69) is 0 Å². The lowest BCUT2D eigenvalue weighted by atomic mass is 10.1. The molecule has 0 saturated heterocycles. The van der Waals surface area contributed by atoms with E-state index in [4.69, 9.17) is 9.15 Å². The molecule has 0 bridgehead atoms. The first-order chi connectivity index (χ1) is 8.70. The molecule has 3 aromatic rings. The van der Waals surface area contributed by atoms with Crippen molar-refractivity contribution in [1.29, 1.82) is 0 Å². The summed E-state index contributed by atoms with van der Waals surface area (Å²) in [5.74, 6) is -0.343. The summed E-state index contributed by atoms with van der Waals surface area (Å²) in [6, 6.07) is 11.3. The highest BCUT2D eigenvalue weighted by atomic mass is 16.5. The average molecular weight is 240 g/mol. The molecule has 0 unspecified atom stereocenters. The average Bonchev–Trinajstić information content (AvgIpc) is 2.75. The molecule has 3 heteroatoms. The van der Waals surface area contributed by atoms with Crippen LogP contribution in [0.1, 0.15) is 15.9 Å². The zero-order valence-corrected chi connectivity index (χ0v) is 10.2. The third-order valence-electron chi connectivity index (χ3n) is 3.06. The van der Waals surface area contributed by atoms with E-state index >= 15 is 0 Å². The van der Waals surface area contributed by atoms with Gasteiger partial charge < -0.3 is 9.15 Å². The Labute approximate surface area is 104 Å².